The summed E-state index contributed by atoms with van der Waals surface area (Å²) in [5.74, 6) is 1.47. The molecule has 1 saturated heterocycles. The highest BCUT2D eigenvalue weighted by Gasteiger charge is 2.33. The van der Waals surface area contributed by atoms with Gasteiger partial charge in [-0.05, 0) is 62.9 Å². The third-order valence-corrected chi connectivity index (χ3v) is 5.17. The molecule has 3 rings (SSSR count). The van der Waals surface area contributed by atoms with E-state index in [-0.39, 0.29) is 6.03 Å². The first-order chi connectivity index (χ1) is 12.2. The van der Waals surface area contributed by atoms with Crippen LogP contribution in [0.4, 0.5) is 4.79 Å². The average molecular weight is 345 g/mol. The fraction of sp³-hybridized carbons (Fsp3) is 0.650. The summed E-state index contributed by atoms with van der Waals surface area (Å²) in [6.45, 7) is 9.66. The van der Waals surface area contributed by atoms with Crippen molar-refractivity contribution < 1.29 is 9.53 Å². The van der Waals surface area contributed by atoms with E-state index in [0.29, 0.717) is 25.1 Å². The summed E-state index contributed by atoms with van der Waals surface area (Å²) >= 11 is 0. The molecule has 1 aromatic carbocycles. The van der Waals surface area contributed by atoms with Gasteiger partial charge in [0.1, 0.15) is 5.75 Å². The normalized spacial score (nSPS) is 20.5. The Hall–Kier alpha value is -1.75. The Morgan fingerprint density at radius 1 is 1.32 bits per heavy atom. The van der Waals surface area contributed by atoms with E-state index >= 15 is 0 Å². The van der Waals surface area contributed by atoms with Crippen LogP contribution in [-0.4, -0.2) is 54.7 Å². The zero-order valence-electron chi connectivity index (χ0n) is 15.5. The maximum Gasteiger partial charge on any atom is 0.317 e. The lowest BCUT2D eigenvalue weighted by Crippen LogP contribution is -2.43. The monoisotopic (exact) mass is 345 g/mol. The molecule has 5 nitrogen and oxygen atoms in total. The van der Waals surface area contributed by atoms with Crippen LogP contribution in [0.1, 0.15) is 38.7 Å². The van der Waals surface area contributed by atoms with Crippen LogP contribution in [0.2, 0.25) is 0 Å². The zero-order chi connectivity index (χ0) is 17.6. The van der Waals surface area contributed by atoms with Crippen LogP contribution in [0, 0.1) is 5.92 Å². The molecular formula is C20H31N3O2. The van der Waals surface area contributed by atoms with E-state index in [9.17, 15) is 4.79 Å². The van der Waals surface area contributed by atoms with Crippen LogP contribution < -0.4 is 10.1 Å². The number of carbonyl (C=O) groups is 1. The number of ether oxygens (including phenoxy) is 1. The lowest BCUT2D eigenvalue weighted by molar-refractivity contribution is 0.190. The topological polar surface area (TPSA) is 44.8 Å². The summed E-state index contributed by atoms with van der Waals surface area (Å²) in [4.78, 5) is 17.2. The van der Waals surface area contributed by atoms with Crippen molar-refractivity contribution in [3.05, 3.63) is 29.8 Å². The number of hydrogen-bond acceptors (Lipinski definition) is 3. The van der Waals surface area contributed by atoms with Gasteiger partial charge in [0.05, 0.1) is 6.61 Å². The van der Waals surface area contributed by atoms with Crippen LogP contribution in [0.25, 0.3) is 0 Å². The maximum atomic E-state index is 12.7. The number of likely N-dealkylation sites (tertiary alicyclic amines) is 1. The Labute approximate surface area is 151 Å². The molecule has 2 amide bonds. The summed E-state index contributed by atoms with van der Waals surface area (Å²) in [5, 5.41) is 3.18. The lowest BCUT2D eigenvalue weighted by Gasteiger charge is -2.24. The quantitative estimate of drug-likeness (QED) is 0.787. The van der Waals surface area contributed by atoms with Gasteiger partial charge in [0.2, 0.25) is 0 Å². The number of hydrogen-bond donors (Lipinski definition) is 1. The van der Waals surface area contributed by atoms with Crippen molar-refractivity contribution in [3.8, 4) is 5.75 Å². The summed E-state index contributed by atoms with van der Waals surface area (Å²) in [6, 6.07) is 8.56. The molecule has 1 N–H and O–H groups in total. The highest BCUT2D eigenvalue weighted by molar-refractivity contribution is 5.75. The number of nitrogens with one attached hydrogen (secondary N) is 1. The number of rotatable bonds is 8. The molecule has 5 heteroatoms. The first-order valence-electron chi connectivity index (χ1n) is 9.68. The first-order valence-corrected chi connectivity index (χ1v) is 9.68. The van der Waals surface area contributed by atoms with Gasteiger partial charge < -0.3 is 19.9 Å². The van der Waals surface area contributed by atoms with Gasteiger partial charge in [-0.15, -0.1) is 0 Å². The minimum absolute atomic E-state index is 0.0826. The van der Waals surface area contributed by atoms with E-state index in [1.165, 1.54) is 6.42 Å². The summed E-state index contributed by atoms with van der Waals surface area (Å²) in [7, 11) is 0. The second-order valence-electron chi connectivity index (χ2n) is 7.17. The molecule has 1 heterocycles. The molecule has 0 radical (unpaired) electrons. The van der Waals surface area contributed by atoms with Gasteiger partial charge in [0, 0.05) is 25.7 Å². The highest BCUT2D eigenvalue weighted by atomic mass is 16.5. The summed E-state index contributed by atoms with van der Waals surface area (Å²) < 4.78 is 5.58. The number of benzene rings is 1. The minimum Gasteiger partial charge on any atom is -0.494 e. The number of amides is 2. The van der Waals surface area contributed by atoms with Crippen LogP contribution in [0.3, 0.4) is 0 Å². The second-order valence-corrected chi connectivity index (χ2v) is 7.17. The molecule has 1 aromatic rings. The van der Waals surface area contributed by atoms with Crippen molar-refractivity contribution in [2.45, 2.75) is 45.7 Å². The number of urea groups is 1. The molecule has 1 saturated carbocycles. The van der Waals surface area contributed by atoms with Gasteiger partial charge in [0.25, 0.3) is 0 Å². The van der Waals surface area contributed by atoms with Crippen molar-refractivity contribution >= 4 is 6.03 Å². The van der Waals surface area contributed by atoms with E-state index in [2.05, 4.69) is 23.2 Å². The van der Waals surface area contributed by atoms with Crippen molar-refractivity contribution in [1.29, 1.82) is 0 Å². The Morgan fingerprint density at radius 2 is 2.16 bits per heavy atom. The van der Waals surface area contributed by atoms with Gasteiger partial charge in [-0.25, -0.2) is 4.79 Å². The molecule has 2 aliphatic rings. The van der Waals surface area contributed by atoms with Gasteiger partial charge in [-0.3, -0.25) is 0 Å². The van der Waals surface area contributed by atoms with Crippen LogP contribution in [-0.2, 0) is 6.54 Å². The maximum absolute atomic E-state index is 12.7. The fourth-order valence-corrected chi connectivity index (χ4v) is 3.55. The third-order valence-electron chi connectivity index (χ3n) is 5.17. The Morgan fingerprint density at radius 3 is 2.84 bits per heavy atom. The predicted molar refractivity (Wildman–Crippen MR) is 99.8 cm³/mol. The Balaban J connectivity index is 1.54. The molecule has 138 valence electrons. The van der Waals surface area contributed by atoms with Gasteiger partial charge in [-0.1, -0.05) is 19.1 Å². The van der Waals surface area contributed by atoms with Crippen molar-refractivity contribution in [1.82, 2.24) is 15.1 Å². The van der Waals surface area contributed by atoms with E-state index in [1.807, 2.05) is 30.0 Å². The molecule has 1 atom stereocenters. The number of nitrogens with zero attached hydrogens (tertiary/aromatic N) is 2. The summed E-state index contributed by atoms with van der Waals surface area (Å²) in [5.41, 5.74) is 1.13. The van der Waals surface area contributed by atoms with Crippen LogP contribution in [0.15, 0.2) is 24.3 Å². The molecule has 0 unspecified atom stereocenters. The largest absolute Gasteiger partial charge is 0.494 e. The van der Waals surface area contributed by atoms with E-state index < -0.39 is 0 Å². The molecule has 25 heavy (non-hydrogen) atoms. The van der Waals surface area contributed by atoms with Gasteiger partial charge in [0.15, 0.2) is 0 Å². The Bertz CT molecular complexity index is 574. The molecule has 1 aliphatic carbocycles. The second kappa shape index (κ2) is 8.56. The fourth-order valence-electron chi connectivity index (χ4n) is 3.55. The molecule has 0 aromatic heterocycles. The van der Waals surface area contributed by atoms with Crippen molar-refractivity contribution in [2.24, 2.45) is 5.92 Å². The standard InChI is InChI=1S/C20H31N3O2/c1-3-22-11-10-17(14-22)13-21-20(24)23(18-8-9-18)15-16-6-5-7-19(12-16)25-4-2/h5-7,12,17-18H,3-4,8-11,13-15H2,1-2H3,(H,21,24)/t17-/m0/s1. The lowest BCUT2D eigenvalue weighted by atomic mass is 10.1. The average Bonchev–Trinajstić information content (AvgIpc) is 3.36. The molecular weight excluding hydrogens is 314 g/mol. The Kier molecular flexibility index (Phi) is 6.19. The predicted octanol–water partition coefficient (Wildman–Crippen LogP) is 3.10. The van der Waals surface area contributed by atoms with E-state index in [0.717, 1.165) is 50.3 Å². The van der Waals surface area contributed by atoms with E-state index in [1.54, 1.807) is 0 Å². The van der Waals surface area contributed by atoms with Crippen molar-refractivity contribution in [2.75, 3.05) is 32.8 Å². The SMILES string of the molecule is CCOc1cccc(CN(C(=O)NC[C@@H]2CCN(CC)C2)C2CC2)c1. The molecule has 0 spiro atoms. The molecule has 2 fully saturated rings. The summed E-state index contributed by atoms with van der Waals surface area (Å²) in [6.07, 6.45) is 3.42. The van der Waals surface area contributed by atoms with Gasteiger partial charge >= 0.3 is 6.03 Å². The van der Waals surface area contributed by atoms with Crippen LogP contribution >= 0.6 is 0 Å². The molecule has 1 aliphatic heterocycles. The van der Waals surface area contributed by atoms with Crippen molar-refractivity contribution in [3.63, 3.8) is 0 Å². The van der Waals surface area contributed by atoms with Gasteiger partial charge in [-0.2, -0.15) is 0 Å². The highest BCUT2D eigenvalue weighted by Crippen LogP contribution is 2.29. The smallest absolute Gasteiger partial charge is 0.317 e. The van der Waals surface area contributed by atoms with E-state index in [4.69, 9.17) is 4.74 Å². The number of carbonyl (C=O) groups excluding carboxylic acids is 1. The minimum atomic E-state index is 0.0826. The third kappa shape index (κ3) is 5.11. The van der Waals surface area contributed by atoms with Crippen LogP contribution in [0.5, 0.6) is 5.75 Å². The zero-order valence-corrected chi connectivity index (χ0v) is 15.5. The molecule has 0 bridgehead atoms. The first kappa shape index (κ1) is 18.1.